The lowest BCUT2D eigenvalue weighted by Crippen LogP contribution is -2.29. The van der Waals surface area contributed by atoms with Gasteiger partial charge in [-0.25, -0.2) is 0 Å². The summed E-state index contributed by atoms with van der Waals surface area (Å²) in [4.78, 5) is 33.1. The molecule has 0 spiro atoms. The van der Waals surface area contributed by atoms with E-state index >= 15 is 0 Å². The van der Waals surface area contributed by atoms with Crippen LogP contribution < -0.4 is 10.2 Å². The average Bonchev–Trinajstić information content (AvgIpc) is 3.08. The third kappa shape index (κ3) is 3.33. The van der Waals surface area contributed by atoms with E-state index in [1.54, 1.807) is 41.6 Å². The molecule has 1 atom stereocenters. The van der Waals surface area contributed by atoms with E-state index in [1.165, 1.54) is 13.2 Å². The lowest BCUT2D eigenvalue weighted by molar-refractivity contribution is 0.0714. The minimum absolute atomic E-state index is 0.0265. The second-order valence-electron chi connectivity index (χ2n) is 8.26. The summed E-state index contributed by atoms with van der Waals surface area (Å²) in [6.45, 7) is 4.01. The van der Waals surface area contributed by atoms with E-state index in [1.807, 2.05) is 26.0 Å². The topological polar surface area (TPSA) is 92.9 Å². The summed E-state index contributed by atoms with van der Waals surface area (Å²) < 4.78 is 11.4. The Morgan fingerprint density at radius 3 is 2.70 bits per heavy atom. The average molecular weight is 442 g/mol. The van der Waals surface area contributed by atoms with E-state index in [2.05, 4.69) is 4.98 Å². The van der Waals surface area contributed by atoms with Crippen LogP contribution >= 0.6 is 0 Å². The molecule has 0 saturated carbocycles. The van der Waals surface area contributed by atoms with Crippen molar-refractivity contribution in [3.05, 3.63) is 98.7 Å². The number of hydrogen-bond donors (Lipinski definition) is 1. The van der Waals surface area contributed by atoms with Crippen LogP contribution in [-0.2, 0) is 6.54 Å². The second-order valence-corrected chi connectivity index (χ2v) is 8.26. The quantitative estimate of drug-likeness (QED) is 0.508. The highest BCUT2D eigenvalue weighted by Gasteiger charge is 2.43. The first kappa shape index (κ1) is 20.8. The fraction of sp³-hybridized carbons (Fsp3) is 0.192. The molecule has 33 heavy (non-hydrogen) atoms. The molecule has 4 aromatic rings. The molecule has 0 radical (unpaired) electrons. The van der Waals surface area contributed by atoms with Gasteiger partial charge in [-0.3, -0.25) is 14.6 Å². The number of carbonyl (C=O) groups excluding carboxylic acids is 1. The number of benzene rings is 2. The molecule has 166 valence electrons. The Kier molecular flexibility index (Phi) is 4.89. The van der Waals surface area contributed by atoms with E-state index in [0.717, 1.165) is 16.7 Å². The first-order chi connectivity index (χ1) is 15.9. The largest absolute Gasteiger partial charge is 0.504 e. The molecular formula is C26H22N2O5. The zero-order valence-corrected chi connectivity index (χ0v) is 18.5. The van der Waals surface area contributed by atoms with Crippen molar-refractivity contribution in [3.8, 4) is 11.5 Å². The lowest BCUT2D eigenvalue weighted by Gasteiger charge is -2.25. The summed E-state index contributed by atoms with van der Waals surface area (Å²) in [7, 11) is 1.45. The number of carbonyl (C=O) groups is 1. The van der Waals surface area contributed by atoms with Gasteiger partial charge in [-0.1, -0.05) is 18.2 Å². The monoisotopic (exact) mass is 442 g/mol. The Bertz CT molecular complexity index is 1460. The van der Waals surface area contributed by atoms with Crippen LogP contribution in [-0.4, -0.2) is 28.0 Å². The van der Waals surface area contributed by atoms with Gasteiger partial charge < -0.3 is 19.2 Å². The number of aromatic hydroxyl groups is 1. The maximum atomic E-state index is 13.7. The Morgan fingerprint density at radius 1 is 1.15 bits per heavy atom. The maximum absolute atomic E-state index is 13.7. The van der Waals surface area contributed by atoms with Crippen LogP contribution in [0.1, 0.15) is 44.4 Å². The van der Waals surface area contributed by atoms with Crippen LogP contribution in [0.15, 0.2) is 64.1 Å². The van der Waals surface area contributed by atoms with Gasteiger partial charge in [0.2, 0.25) is 5.76 Å². The molecule has 5 rings (SSSR count). The Balaban J connectivity index is 1.77. The zero-order valence-electron chi connectivity index (χ0n) is 18.5. The van der Waals surface area contributed by atoms with E-state index in [0.29, 0.717) is 16.5 Å². The predicted molar refractivity (Wildman–Crippen MR) is 123 cm³/mol. The number of amides is 1. The first-order valence-corrected chi connectivity index (χ1v) is 10.5. The highest BCUT2D eigenvalue weighted by molar-refractivity contribution is 5.99. The molecule has 0 saturated heterocycles. The smallest absolute Gasteiger partial charge is 0.291 e. The van der Waals surface area contributed by atoms with Crippen LogP contribution in [0.25, 0.3) is 11.0 Å². The van der Waals surface area contributed by atoms with Crippen molar-refractivity contribution in [2.45, 2.75) is 26.4 Å². The summed E-state index contributed by atoms with van der Waals surface area (Å²) in [5.74, 6) is -0.0988. The number of rotatable bonds is 4. The van der Waals surface area contributed by atoms with Gasteiger partial charge in [0.15, 0.2) is 16.9 Å². The number of phenolic OH excluding ortho intramolecular Hbond substituents is 1. The van der Waals surface area contributed by atoms with E-state index in [9.17, 15) is 14.7 Å². The standard InChI is InChI=1S/C26H22N2O5/c1-14-9-15(2)24-18(10-14)23(30)21-22(17-6-7-19(29)20(11-17)32-3)28(26(31)25(21)33-24)13-16-5-4-8-27-12-16/h4-12,22,29H,13H2,1-3H3/t22-/m0/s1. The lowest BCUT2D eigenvalue weighted by atomic mass is 9.97. The Morgan fingerprint density at radius 2 is 1.97 bits per heavy atom. The molecule has 7 heteroatoms. The number of pyridine rings is 1. The molecule has 7 nitrogen and oxygen atoms in total. The summed E-state index contributed by atoms with van der Waals surface area (Å²) in [5.41, 5.74) is 3.65. The molecule has 1 amide bonds. The number of methoxy groups -OCH3 is 1. The van der Waals surface area contributed by atoms with Crippen molar-refractivity contribution in [1.82, 2.24) is 9.88 Å². The normalized spacial score (nSPS) is 15.2. The molecule has 1 aliphatic rings. The van der Waals surface area contributed by atoms with Crippen LogP contribution in [0.3, 0.4) is 0 Å². The third-order valence-corrected chi connectivity index (χ3v) is 5.99. The van der Waals surface area contributed by atoms with Crippen LogP contribution in [0.4, 0.5) is 0 Å². The first-order valence-electron chi connectivity index (χ1n) is 10.5. The molecule has 1 N–H and O–H groups in total. The minimum Gasteiger partial charge on any atom is -0.504 e. The molecule has 0 bridgehead atoms. The van der Waals surface area contributed by atoms with Crippen molar-refractivity contribution in [2.75, 3.05) is 7.11 Å². The van der Waals surface area contributed by atoms with Crippen LogP contribution in [0.2, 0.25) is 0 Å². The van der Waals surface area contributed by atoms with Crippen LogP contribution in [0, 0.1) is 13.8 Å². The number of nitrogens with zero attached hydrogens (tertiary/aromatic N) is 2. The van der Waals surface area contributed by atoms with Gasteiger partial charge >= 0.3 is 0 Å². The maximum Gasteiger partial charge on any atom is 0.291 e. The van der Waals surface area contributed by atoms with Crippen molar-refractivity contribution >= 4 is 16.9 Å². The molecule has 0 unspecified atom stereocenters. The predicted octanol–water partition coefficient (Wildman–Crippen LogP) is 4.26. The fourth-order valence-corrected chi connectivity index (χ4v) is 4.54. The van der Waals surface area contributed by atoms with Gasteiger partial charge in [-0.15, -0.1) is 0 Å². The molecule has 0 aliphatic carbocycles. The zero-order chi connectivity index (χ0) is 23.3. The number of ether oxygens (including phenoxy) is 1. The molecule has 3 heterocycles. The van der Waals surface area contributed by atoms with Crippen molar-refractivity contribution in [3.63, 3.8) is 0 Å². The van der Waals surface area contributed by atoms with Gasteiger partial charge in [0.25, 0.3) is 5.91 Å². The van der Waals surface area contributed by atoms with Gasteiger partial charge in [-0.2, -0.15) is 0 Å². The van der Waals surface area contributed by atoms with E-state index in [-0.39, 0.29) is 40.7 Å². The van der Waals surface area contributed by atoms with Crippen molar-refractivity contribution < 1.29 is 19.1 Å². The molecule has 1 aliphatic heterocycles. The number of aromatic nitrogens is 1. The van der Waals surface area contributed by atoms with Gasteiger partial charge in [-0.05, 0) is 60.4 Å². The Labute approximate surface area is 189 Å². The highest BCUT2D eigenvalue weighted by atomic mass is 16.5. The Hall–Kier alpha value is -4.13. The molecule has 0 fully saturated rings. The third-order valence-electron chi connectivity index (χ3n) is 5.99. The summed E-state index contributed by atoms with van der Waals surface area (Å²) in [6.07, 6.45) is 3.35. The number of phenols is 1. The summed E-state index contributed by atoms with van der Waals surface area (Å²) in [5, 5.41) is 10.5. The summed E-state index contributed by atoms with van der Waals surface area (Å²) >= 11 is 0. The van der Waals surface area contributed by atoms with Crippen LogP contribution in [0.5, 0.6) is 11.5 Å². The van der Waals surface area contributed by atoms with Crippen molar-refractivity contribution in [1.29, 1.82) is 0 Å². The van der Waals surface area contributed by atoms with Gasteiger partial charge in [0.1, 0.15) is 5.58 Å². The summed E-state index contributed by atoms with van der Waals surface area (Å²) in [6, 6.07) is 11.5. The minimum atomic E-state index is -0.705. The number of hydrogen-bond acceptors (Lipinski definition) is 6. The molecular weight excluding hydrogens is 420 g/mol. The van der Waals surface area contributed by atoms with E-state index < -0.39 is 6.04 Å². The number of fused-ring (bicyclic) bond motifs is 2. The highest BCUT2D eigenvalue weighted by Crippen LogP contribution is 2.41. The van der Waals surface area contributed by atoms with Gasteiger partial charge in [0.05, 0.1) is 24.1 Å². The van der Waals surface area contributed by atoms with Crippen molar-refractivity contribution in [2.24, 2.45) is 0 Å². The SMILES string of the molecule is COc1cc([C@H]2c3c(oc4c(C)cc(C)cc4c3=O)C(=O)N2Cc2cccnc2)ccc1O. The second kappa shape index (κ2) is 7.78. The van der Waals surface area contributed by atoms with E-state index in [4.69, 9.17) is 9.15 Å². The number of aryl methyl sites for hydroxylation is 2. The molecule has 2 aromatic heterocycles. The van der Waals surface area contributed by atoms with Gasteiger partial charge in [0, 0.05) is 18.9 Å². The fourth-order valence-electron chi connectivity index (χ4n) is 4.54. The molecule has 2 aromatic carbocycles.